The van der Waals surface area contributed by atoms with Crippen LogP contribution in [0.1, 0.15) is 45.4 Å². The molecule has 1 N–H and O–H groups in total. The highest BCUT2D eigenvalue weighted by molar-refractivity contribution is 5.48. The minimum absolute atomic E-state index is 0.327. The van der Waals surface area contributed by atoms with Gasteiger partial charge >= 0.3 is 0 Å². The van der Waals surface area contributed by atoms with E-state index >= 15 is 0 Å². The van der Waals surface area contributed by atoms with Crippen LogP contribution in [0.5, 0.6) is 0 Å². The van der Waals surface area contributed by atoms with Gasteiger partial charge in [0.1, 0.15) is 11.6 Å². The van der Waals surface area contributed by atoms with E-state index in [1.165, 1.54) is 50.3 Å². The van der Waals surface area contributed by atoms with Gasteiger partial charge in [0.25, 0.3) is 0 Å². The maximum atomic E-state index is 14.1. The van der Waals surface area contributed by atoms with Gasteiger partial charge in [0.15, 0.2) is 0 Å². The van der Waals surface area contributed by atoms with E-state index in [4.69, 9.17) is 0 Å². The Bertz CT molecular complexity index is 514. The monoisotopic (exact) mass is 322 g/mol. The molecule has 0 amide bonds. The predicted octanol–water partition coefficient (Wildman–Crippen LogP) is 4.35. The number of rotatable bonds is 4. The minimum atomic E-state index is -0.369. The number of hydrogen-bond donors (Lipinski definition) is 1. The Kier molecular flexibility index (Phi) is 5.52. The van der Waals surface area contributed by atoms with E-state index in [1.54, 1.807) is 0 Å². The second-order valence-electron chi connectivity index (χ2n) is 7.45. The summed E-state index contributed by atoms with van der Waals surface area (Å²) in [7, 11) is 0. The second kappa shape index (κ2) is 7.61. The summed E-state index contributed by atoms with van der Waals surface area (Å²) in [6, 6.07) is 4.11. The van der Waals surface area contributed by atoms with Crippen LogP contribution in [0.2, 0.25) is 0 Å². The summed E-state index contributed by atoms with van der Waals surface area (Å²) in [5, 5.41) is 3.70. The smallest absolute Gasteiger partial charge is 0.146 e. The van der Waals surface area contributed by atoms with Gasteiger partial charge < -0.3 is 10.2 Å². The summed E-state index contributed by atoms with van der Waals surface area (Å²) in [6.45, 7) is 4.81. The number of piperidine rings is 1. The minimum Gasteiger partial charge on any atom is -0.367 e. The van der Waals surface area contributed by atoms with E-state index in [0.717, 1.165) is 32.0 Å². The summed E-state index contributed by atoms with van der Waals surface area (Å²) >= 11 is 0. The van der Waals surface area contributed by atoms with Gasteiger partial charge in [-0.05, 0) is 49.8 Å². The molecular weight excluding hydrogens is 294 g/mol. The van der Waals surface area contributed by atoms with Gasteiger partial charge in [-0.15, -0.1) is 0 Å². The van der Waals surface area contributed by atoms with Crippen molar-refractivity contribution in [1.82, 2.24) is 5.32 Å². The predicted molar refractivity (Wildman–Crippen MR) is 90.7 cm³/mol. The molecule has 2 atom stereocenters. The third-order valence-corrected chi connectivity index (χ3v) is 5.33. The highest BCUT2D eigenvalue weighted by atomic mass is 19.1. The van der Waals surface area contributed by atoms with Crippen LogP contribution in [0.25, 0.3) is 0 Å². The van der Waals surface area contributed by atoms with Gasteiger partial charge in [-0.2, -0.15) is 0 Å². The molecule has 23 heavy (non-hydrogen) atoms. The Hall–Kier alpha value is -1.16. The Morgan fingerprint density at radius 3 is 2.70 bits per heavy atom. The average molecular weight is 322 g/mol. The van der Waals surface area contributed by atoms with E-state index in [1.807, 2.05) is 4.90 Å². The number of anilines is 1. The maximum absolute atomic E-state index is 14.1. The summed E-state index contributed by atoms with van der Waals surface area (Å²) in [5.74, 6) is 0.577. The topological polar surface area (TPSA) is 15.3 Å². The molecule has 0 radical (unpaired) electrons. The van der Waals surface area contributed by atoms with Crippen LogP contribution < -0.4 is 10.2 Å². The molecule has 2 aliphatic rings. The molecule has 1 aromatic rings. The lowest BCUT2D eigenvalue weighted by Gasteiger charge is -2.39. The highest BCUT2D eigenvalue weighted by Gasteiger charge is 2.27. The van der Waals surface area contributed by atoms with Crippen molar-refractivity contribution in [1.29, 1.82) is 0 Å². The zero-order valence-electron chi connectivity index (χ0n) is 14.0. The third kappa shape index (κ3) is 4.43. The average Bonchev–Trinajstić information content (AvgIpc) is 2.56. The van der Waals surface area contributed by atoms with Crippen molar-refractivity contribution in [3.05, 3.63) is 29.8 Å². The molecule has 1 aliphatic carbocycles. The molecule has 2 unspecified atom stereocenters. The number of nitrogens with one attached hydrogen (secondary N) is 1. The first-order chi connectivity index (χ1) is 11.1. The molecule has 128 valence electrons. The molecule has 1 heterocycles. The van der Waals surface area contributed by atoms with Crippen molar-refractivity contribution in [2.75, 3.05) is 24.5 Å². The molecule has 1 aromatic carbocycles. The summed E-state index contributed by atoms with van der Waals surface area (Å²) in [6.07, 6.45) is 7.86. The zero-order chi connectivity index (χ0) is 16.2. The first-order valence-electron chi connectivity index (χ1n) is 9.05. The Morgan fingerprint density at radius 1 is 1.13 bits per heavy atom. The van der Waals surface area contributed by atoms with Crippen molar-refractivity contribution in [3.8, 4) is 0 Å². The van der Waals surface area contributed by atoms with Gasteiger partial charge in [-0.25, -0.2) is 8.78 Å². The summed E-state index contributed by atoms with van der Waals surface area (Å²) < 4.78 is 27.5. The van der Waals surface area contributed by atoms with Crippen LogP contribution in [0.15, 0.2) is 18.2 Å². The maximum Gasteiger partial charge on any atom is 0.146 e. The van der Waals surface area contributed by atoms with Crippen LogP contribution in [-0.2, 0) is 0 Å². The van der Waals surface area contributed by atoms with Gasteiger partial charge in [0, 0.05) is 25.2 Å². The largest absolute Gasteiger partial charge is 0.367 e. The third-order valence-electron chi connectivity index (χ3n) is 5.33. The number of halogens is 2. The first-order valence-corrected chi connectivity index (χ1v) is 9.05. The molecule has 3 rings (SSSR count). The van der Waals surface area contributed by atoms with E-state index in [0.29, 0.717) is 17.6 Å². The molecule has 2 nitrogen and oxygen atoms in total. The van der Waals surface area contributed by atoms with Crippen LogP contribution in [0.4, 0.5) is 14.5 Å². The molecular formula is C19H28F2N2. The fourth-order valence-corrected chi connectivity index (χ4v) is 4.15. The molecule has 1 aliphatic heterocycles. The Morgan fingerprint density at radius 2 is 1.91 bits per heavy atom. The lowest BCUT2D eigenvalue weighted by molar-refractivity contribution is 0.294. The van der Waals surface area contributed by atoms with Crippen molar-refractivity contribution < 1.29 is 8.78 Å². The van der Waals surface area contributed by atoms with Crippen LogP contribution in [0, 0.1) is 23.5 Å². The molecule has 1 saturated heterocycles. The fraction of sp³-hybridized carbons (Fsp3) is 0.684. The number of nitrogens with zero attached hydrogens (tertiary/aromatic N) is 1. The lowest BCUT2D eigenvalue weighted by atomic mass is 9.88. The van der Waals surface area contributed by atoms with Crippen molar-refractivity contribution >= 4 is 5.69 Å². The molecule has 2 fully saturated rings. The van der Waals surface area contributed by atoms with Crippen LogP contribution >= 0.6 is 0 Å². The van der Waals surface area contributed by atoms with Gasteiger partial charge in [-0.3, -0.25) is 0 Å². The fourth-order valence-electron chi connectivity index (χ4n) is 4.15. The lowest BCUT2D eigenvalue weighted by Crippen LogP contribution is -2.50. The molecule has 0 aromatic heterocycles. The standard InChI is InChI=1S/C19H28F2N2/c1-14-9-17(22-11-15-5-3-2-4-6-15)13-23(12-14)19-10-16(20)7-8-18(19)21/h7-8,10,14-15,17,22H,2-6,9,11-13H2,1H3. The van der Waals surface area contributed by atoms with Crippen molar-refractivity contribution in [3.63, 3.8) is 0 Å². The van der Waals surface area contributed by atoms with Crippen molar-refractivity contribution in [2.24, 2.45) is 11.8 Å². The van der Waals surface area contributed by atoms with Crippen LogP contribution in [0.3, 0.4) is 0 Å². The normalized spacial score (nSPS) is 26.5. The Balaban J connectivity index is 1.61. The van der Waals surface area contributed by atoms with Gasteiger partial charge in [0.2, 0.25) is 0 Å². The van der Waals surface area contributed by atoms with E-state index in [2.05, 4.69) is 12.2 Å². The number of benzene rings is 1. The van der Waals surface area contributed by atoms with Gasteiger partial charge in [-0.1, -0.05) is 26.2 Å². The molecule has 0 bridgehead atoms. The first kappa shape index (κ1) is 16.7. The van der Waals surface area contributed by atoms with E-state index < -0.39 is 0 Å². The van der Waals surface area contributed by atoms with Crippen LogP contribution in [-0.4, -0.2) is 25.7 Å². The highest BCUT2D eigenvalue weighted by Crippen LogP contribution is 2.27. The second-order valence-corrected chi connectivity index (χ2v) is 7.45. The molecule has 1 saturated carbocycles. The van der Waals surface area contributed by atoms with Crippen molar-refractivity contribution in [2.45, 2.75) is 51.5 Å². The SMILES string of the molecule is CC1CC(NCC2CCCCC2)CN(c2cc(F)ccc2F)C1. The molecule has 0 spiro atoms. The zero-order valence-corrected chi connectivity index (χ0v) is 14.0. The quantitative estimate of drug-likeness (QED) is 0.886. The Labute approximate surface area is 138 Å². The van der Waals surface area contributed by atoms with Gasteiger partial charge in [0.05, 0.1) is 5.69 Å². The molecule has 4 heteroatoms. The summed E-state index contributed by atoms with van der Waals surface area (Å²) in [4.78, 5) is 2.01. The van der Waals surface area contributed by atoms with E-state index in [9.17, 15) is 8.78 Å². The summed E-state index contributed by atoms with van der Waals surface area (Å²) in [5.41, 5.74) is 0.404. The number of hydrogen-bond acceptors (Lipinski definition) is 2. The van der Waals surface area contributed by atoms with E-state index in [-0.39, 0.29) is 11.6 Å².